The SMILES string of the molecule is CCCCCC(COC)(COC)C1CCCC1. The molecule has 1 fully saturated rings. The van der Waals surface area contributed by atoms with Crippen LogP contribution in [0.15, 0.2) is 0 Å². The van der Waals surface area contributed by atoms with Gasteiger partial charge in [0.15, 0.2) is 0 Å². The Bertz CT molecular complexity index is 179. The van der Waals surface area contributed by atoms with E-state index < -0.39 is 0 Å². The molecule has 0 saturated heterocycles. The molecule has 0 amide bonds. The highest BCUT2D eigenvalue weighted by Crippen LogP contribution is 2.44. The molecule has 0 spiro atoms. The molecule has 0 atom stereocenters. The molecular formula is C15H30O2. The Morgan fingerprint density at radius 2 is 1.59 bits per heavy atom. The summed E-state index contributed by atoms with van der Waals surface area (Å²) in [4.78, 5) is 0. The third kappa shape index (κ3) is 4.26. The van der Waals surface area contributed by atoms with Gasteiger partial charge in [0.1, 0.15) is 0 Å². The molecule has 0 N–H and O–H groups in total. The molecule has 17 heavy (non-hydrogen) atoms. The minimum Gasteiger partial charge on any atom is -0.384 e. The summed E-state index contributed by atoms with van der Waals surface area (Å²) in [6, 6.07) is 0. The fraction of sp³-hybridized carbons (Fsp3) is 1.00. The Balaban J connectivity index is 2.62. The van der Waals surface area contributed by atoms with Crippen molar-refractivity contribution in [2.75, 3.05) is 27.4 Å². The minimum absolute atomic E-state index is 0.287. The highest BCUT2D eigenvalue weighted by Gasteiger charge is 2.39. The predicted molar refractivity (Wildman–Crippen MR) is 72.3 cm³/mol. The molecule has 0 heterocycles. The lowest BCUT2D eigenvalue weighted by Gasteiger charge is -2.38. The topological polar surface area (TPSA) is 18.5 Å². The number of methoxy groups -OCH3 is 2. The fourth-order valence-corrected chi connectivity index (χ4v) is 3.47. The zero-order chi connectivity index (χ0) is 12.6. The lowest BCUT2D eigenvalue weighted by Crippen LogP contribution is -2.38. The van der Waals surface area contributed by atoms with Crippen LogP contribution in [0.1, 0.15) is 58.3 Å². The van der Waals surface area contributed by atoms with Crippen molar-refractivity contribution >= 4 is 0 Å². The van der Waals surface area contributed by atoms with Crippen LogP contribution in [0.2, 0.25) is 0 Å². The molecule has 0 aliphatic heterocycles. The third-order valence-corrected chi connectivity index (χ3v) is 4.36. The fourth-order valence-electron chi connectivity index (χ4n) is 3.47. The average molecular weight is 242 g/mol. The van der Waals surface area contributed by atoms with Crippen molar-refractivity contribution in [1.29, 1.82) is 0 Å². The summed E-state index contributed by atoms with van der Waals surface area (Å²) >= 11 is 0. The van der Waals surface area contributed by atoms with Crippen molar-refractivity contribution in [3.8, 4) is 0 Å². The summed E-state index contributed by atoms with van der Waals surface area (Å²) < 4.78 is 11.0. The van der Waals surface area contributed by atoms with Gasteiger partial charge in [-0.25, -0.2) is 0 Å². The molecular weight excluding hydrogens is 212 g/mol. The summed E-state index contributed by atoms with van der Waals surface area (Å²) in [5.41, 5.74) is 0.287. The van der Waals surface area contributed by atoms with E-state index in [1.807, 2.05) is 14.2 Å². The molecule has 0 radical (unpaired) electrons. The Hall–Kier alpha value is -0.0800. The average Bonchev–Trinajstić information content (AvgIpc) is 2.83. The lowest BCUT2D eigenvalue weighted by molar-refractivity contribution is -0.0357. The standard InChI is InChI=1S/C15H30O2/c1-4-5-8-11-15(12-16-2,13-17-3)14-9-6-7-10-14/h14H,4-13H2,1-3H3. The van der Waals surface area contributed by atoms with E-state index >= 15 is 0 Å². The van der Waals surface area contributed by atoms with Crippen LogP contribution < -0.4 is 0 Å². The summed E-state index contributed by atoms with van der Waals surface area (Å²) in [6.07, 6.45) is 10.8. The number of hydrogen-bond donors (Lipinski definition) is 0. The first kappa shape index (κ1) is 15.0. The van der Waals surface area contributed by atoms with Gasteiger partial charge in [0, 0.05) is 19.6 Å². The quantitative estimate of drug-likeness (QED) is 0.568. The molecule has 1 aliphatic carbocycles. The monoisotopic (exact) mass is 242 g/mol. The smallest absolute Gasteiger partial charge is 0.0543 e. The number of unbranched alkanes of at least 4 members (excludes halogenated alkanes) is 2. The first-order valence-corrected chi connectivity index (χ1v) is 7.27. The molecule has 0 aromatic carbocycles. The number of hydrogen-bond acceptors (Lipinski definition) is 2. The largest absolute Gasteiger partial charge is 0.384 e. The van der Waals surface area contributed by atoms with Crippen LogP contribution in [0, 0.1) is 11.3 Å². The van der Waals surface area contributed by atoms with Crippen molar-refractivity contribution in [3.63, 3.8) is 0 Å². The zero-order valence-corrected chi connectivity index (χ0v) is 12.0. The Morgan fingerprint density at radius 1 is 1.00 bits per heavy atom. The van der Waals surface area contributed by atoms with Gasteiger partial charge in [-0.2, -0.15) is 0 Å². The van der Waals surface area contributed by atoms with Crippen molar-refractivity contribution in [2.45, 2.75) is 58.3 Å². The second-order valence-electron chi connectivity index (χ2n) is 5.67. The van der Waals surface area contributed by atoms with E-state index in [9.17, 15) is 0 Å². The van der Waals surface area contributed by atoms with E-state index in [4.69, 9.17) is 9.47 Å². The lowest BCUT2D eigenvalue weighted by atomic mass is 9.72. The maximum atomic E-state index is 5.52. The van der Waals surface area contributed by atoms with Crippen LogP contribution in [-0.4, -0.2) is 27.4 Å². The Kier molecular flexibility index (Phi) is 7.14. The van der Waals surface area contributed by atoms with Crippen LogP contribution in [0.3, 0.4) is 0 Å². The Labute approximate surface area is 107 Å². The maximum absolute atomic E-state index is 5.52. The van der Waals surface area contributed by atoms with Gasteiger partial charge >= 0.3 is 0 Å². The summed E-state index contributed by atoms with van der Waals surface area (Å²) in [5.74, 6) is 0.819. The van der Waals surface area contributed by atoms with E-state index in [1.54, 1.807) is 0 Å². The predicted octanol–water partition coefficient (Wildman–Crippen LogP) is 4.04. The first-order chi connectivity index (χ1) is 8.29. The summed E-state index contributed by atoms with van der Waals surface area (Å²) in [6.45, 7) is 4.01. The van der Waals surface area contributed by atoms with Crippen molar-refractivity contribution < 1.29 is 9.47 Å². The number of ether oxygens (including phenoxy) is 2. The van der Waals surface area contributed by atoms with Gasteiger partial charge in [-0.05, 0) is 25.2 Å². The molecule has 1 saturated carbocycles. The van der Waals surface area contributed by atoms with Gasteiger partial charge < -0.3 is 9.47 Å². The molecule has 2 heteroatoms. The normalized spacial score (nSPS) is 17.8. The summed E-state index contributed by atoms with van der Waals surface area (Å²) in [5, 5.41) is 0. The van der Waals surface area contributed by atoms with Gasteiger partial charge in [-0.1, -0.05) is 39.0 Å². The molecule has 0 unspecified atom stereocenters. The van der Waals surface area contributed by atoms with Gasteiger partial charge in [-0.3, -0.25) is 0 Å². The number of rotatable bonds is 9. The van der Waals surface area contributed by atoms with E-state index in [0.29, 0.717) is 0 Å². The van der Waals surface area contributed by atoms with E-state index in [0.717, 1.165) is 19.1 Å². The molecule has 0 aromatic rings. The van der Waals surface area contributed by atoms with Gasteiger partial charge in [-0.15, -0.1) is 0 Å². The van der Waals surface area contributed by atoms with Crippen LogP contribution >= 0.6 is 0 Å². The van der Waals surface area contributed by atoms with Gasteiger partial charge in [0.05, 0.1) is 13.2 Å². The second-order valence-corrected chi connectivity index (χ2v) is 5.67. The van der Waals surface area contributed by atoms with Crippen LogP contribution in [0.25, 0.3) is 0 Å². The molecule has 0 aromatic heterocycles. The van der Waals surface area contributed by atoms with E-state index in [1.165, 1.54) is 51.4 Å². The third-order valence-electron chi connectivity index (χ3n) is 4.36. The molecule has 1 rings (SSSR count). The maximum Gasteiger partial charge on any atom is 0.0543 e. The highest BCUT2D eigenvalue weighted by atomic mass is 16.5. The van der Waals surface area contributed by atoms with E-state index in [-0.39, 0.29) is 5.41 Å². The molecule has 0 bridgehead atoms. The first-order valence-electron chi connectivity index (χ1n) is 7.27. The Morgan fingerprint density at radius 3 is 2.06 bits per heavy atom. The molecule has 1 aliphatic rings. The van der Waals surface area contributed by atoms with Gasteiger partial charge in [0.25, 0.3) is 0 Å². The molecule has 102 valence electrons. The van der Waals surface area contributed by atoms with Crippen LogP contribution in [-0.2, 0) is 9.47 Å². The highest BCUT2D eigenvalue weighted by molar-refractivity contribution is 4.89. The van der Waals surface area contributed by atoms with Crippen molar-refractivity contribution in [2.24, 2.45) is 11.3 Å². The van der Waals surface area contributed by atoms with E-state index in [2.05, 4.69) is 6.92 Å². The van der Waals surface area contributed by atoms with Crippen molar-refractivity contribution in [3.05, 3.63) is 0 Å². The van der Waals surface area contributed by atoms with Crippen LogP contribution in [0.5, 0.6) is 0 Å². The molecule has 2 nitrogen and oxygen atoms in total. The van der Waals surface area contributed by atoms with Gasteiger partial charge in [0.2, 0.25) is 0 Å². The van der Waals surface area contributed by atoms with Crippen molar-refractivity contribution in [1.82, 2.24) is 0 Å². The zero-order valence-electron chi connectivity index (χ0n) is 12.0. The van der Waals surface area contributed by atoms with Crippen LogP contribution in [0.4, 0.5) is 0 Å². The summed E-state index contributed by atoms with van der Waals surface area (Å²) in [7, 11) is 3.67. The second kappa shape index (κ2) is 8.10. The minimum atomic E-state index is 0.287.